The van der Waals surface area contributed by atoms with Crippen LogP contribution in [0, 0.1) is 13.8 Å². The molecule has 0 radical (unpaired) electrons. The highest BCUT2D eigenvalue weighted by molar-refractivity contribution is 6.39. The van der Waals surface area contributed by atoms with Crippen molar-refractivity contribution in [3.05, 3.63) is 89.0 Å². The molecular formula is C29H28N2O6. The number of nitrogens with zero attached hydrogens (tertiary/aromatic N) is 1. The summed E-state index contributed by atoms with van der Waals surface area (Å²) in [7, 11) is 0. The molecule has 8 heteroatoms. The maximum atomic E-state index is 13.1. The molecule has 4 rings (SSSR count). The largest absolute Gasteiger partial charge is 0.490 e. The average Bonchev–Trinajstić information content (AvgIpc) is 2.87. The summed E-state index contributed by atoms with van der Waals surface area (Å²) in [5.74, 6) is 0.272. The van der Waals surface area contributed by atoms with Crippen molar-refractivity contribution in [2.75, 3.05) is 24.7 Å². The summed E-state index contributed by atoms with van der Waals surface area (Å²) in [4.78, 5) is 39.0. The Balaban J connectivity index is 1.50. The number of ether oxygens (including phenoxy) is 3. The Hall–Kier alpha value is -4.59. The summed E-state index contributed by atoms with van der Waals surface area (Å²) >= 11 is 0. The Bertz CT molecular complexity index is 1350. The molecule has 37 heavy (non-hydrogen) atoms. The smallest absolute Gasteiger partial charge is 0.335 e. The standard InChI is InChI=1S/C29H28N2O6/c1-4-35-26-18-21(10-13-25(26)37-15-14-36-23-7-5-6-20(3)16-23)17-24-27(32)30-29(34)31(28(24)33)22-11-8-19(2)9-12-22/h5-13,16-18H,4,14-15H2,1-3H3,(H,30,32,34)/b24-17+. The minimum absolute atomic E-state index is 0.164. The molecule has 0 unspecified atom stereocenters. The van der Waals surface area contributed by atoms with Gasteiger partial charge in [0.25, 0.3) is 11.8 Å². The van der Waals surface area contributed by atoms with E-state index in [2.05, 4.69) is 5.32 Å². The van der Waals surface area contributed by atoms with E-state index in [9.17, 15) is 14.4 Å². The van der Waals surface area contributed by atoms with Gasteiger partial charge in [0.05, 0.1) is 12.3 Å². The van der Waals surface area contributed by atoms with Gasteiger partial charge in [0, 0.05) is 0 Å². The molecule has 1 heterocycles. The van der Waals surface area contributed by atoms with E-state index in [0.717, 1.165) is 21.8 Å². The molecule has 1 fully saturated rings. The fourth-order valence-electron chi connectivity index (χ4n) is 3.77. The van der Waals surface area contributed by atoms with Gasteiger partial charge in [0.15, 0.2) is 11.5 Å². The second kappa shape index (κ2) is 11.4. The van der Waals surface area contributed by atoms with Crippen molar-refractivity contribution < 1.29 is 28.6 Å². The fraction of sp³-hybridized carbons (Fsp3) is 0.207. The monoisotopic (exact) mass is 500 g/mol. The predicted molar refractivity (Wildman–Crippen MR) is 140 cm³/mol. The number of barbiturate groups is 1. The van der Waals surface area contributed by atoms with E-state index in [1.54, 1.807) is 42.5 Å². The lowest BCUT2D eigenvalue weighted by Crippen LogP contribution is -2.54. The Morgan fingerprint density at radius 1 is 0.811 bits per heavy atom. The van der Waals surface area contributed by atoms with Crippen molar-refractivity contribution in [2.24, 2.45) is 0 Å². The van der Waals surface area contributed by atoms with Crippen LogP contribution in [0.25, 0.3) is 6.08 Å². The summed E-state index contributed by atoms with van der Waals surface area (Å²) in [5.41, 5.74) is 2.84. The topological polar surface area (TPSA) is 94.2 Å². The molecule has 3 aromatic rings. The van der Waals surface area contributed by atoms with Gasteiger partial charge in [-0.3, -0.25) is 14.9 Å². The van der Waals surface area contributed by atoms with E-state index >= 15 is 0 Å². The van der Waals surface area contributed by atoms with Crippen LogP contribution in [-0.2, 0) is 9.59 Å². The van der Waals surface area contributed by atoms with E-state index in [1.165, 1.54) is 6.08 Å². The first-order valence-corrected chi connectivity index (χ1v) is 11.9. The third-order valence-corrected chi connectivity index (χ3v) is 5.57. The lowest BCUT2D eigenvalue weighted by Gasteiger charge is -2.26. The van der Waals surface area contributed by atoms with Crippen LogP contribution in [0.3, 0.4) is 0 Å². The summed E-state index contributed by atoms with van der Waals surface area (Å²) in [5, 5.41) is 2.23. The number of aryl methyl sites for hydroxylation is 2. The van der Waals surface area contributed by atoms with Crippen molar-refractivity contribution in [3.63, 3.8) is 0 Å². The molecule has 1 aliphatic heterocycles. The number of hydrogen-bond donors (Lipinski definition) is 1. The summed E-state index contributed by atoms with van der Waals surface area (Å²) < 4.78 is 17.3. The molecule has 0 atom stereocenters. The number of anilines is 1. The second-order valence-corrected chi connectivity index (χ2v) is 8.45. The number of carbonyl (C=O) groups is 3. The maximum Gasteiger partial charge on any atom is 0.335 e. The zero-order chi connectivity index (χ0) is 26.4. The van der Waals surface area contributed by atoms with E-state index in [-0.39, 0.29) is 5.57 Å². The molecule has 3 aromatic carbocycles. The van der Waals surface area contributed by atoms with Gasteiger partial charge in [-0.1, -0.05) is 35.9 Å². The van der Waals surface area contributed by atoms with Gasteiger partial charge in [0.1, 0.15) is 24.5 Å². The Morgan fingerprint density at radius 3 is 2.30 bits per heavy atom. The highest BCUT2D eigenvalue weighted by atomic mass is 16.5. The van der Waals surface area contributed by atoms with Gasteiger partial charge in [0.2, 0.25) is 0 Å². The first kappa shape index (κ1) is 25.5. The van der Waals surface area contributed by atoms with Gasteiger partial charge < -0.3 is 14.2 Å². The Kier molecular flexibility index (Phi) is 7.88. The quantitative estimate of drug-likeness (QED) is 0.257. The maximum absolute atomic E-state index is 13.1. The number of benzene rings is 3. The number of urea groups is 1. The molecule has 1 aliphatic rings. The van der Waals surface area contributed by atoms with Crippen molar-refractivity contribution in [1.29, 1.82) is 0 Å². The zero-order valence-electron chi connectivity index (χ0n) is 20.9. The molecule has 0 spiro atoms. The minimum Gasteiger partial charge on any atom is -0.490 e. The van der Waals surface area contributed by atoms with E-state index < -0.39 is 17.8 Å². The number of carbonyl (C=O) groups excluding carboxylic acids is 3. The Morgan fingerprint density at radius 2 is 1.57 bits per heavy atom. The molecule has 1 N–H and O–H groups in total. The van der Waals surface area contributed by atoms with Crippen molar-refractivity contribution in [2.45, 2.75) is 20.8 Å². The SMILES string of the molecule is CCOc1cc(/C=C2\C(=O)NC(=O)N(c3ccc(C)cc3)C2=O)ccc1OCCOc1cccc(C)c1. The third-order valence-electron chi connectivity index (χ3n) is 5.57. The van der Waals surface area contributed by atoms with Gasteiger partial charge in [-0.25, -0.2) is 9.69 Å². The van der Waals surface area contributed by atoms with Gasteiger partial charge in [-0.05, 0) is 74.4 Å². The van der Waals surface area contributed by atoms with Crippen LogP contribution in [0.5, 0.6) is 17.2 Å². The summed E-state index contributed by atoms with van der Waals surface area (Å²) in [6.07, 6.45) is 1.43. The molecule has 1 saturated heterocycles. The molecule has 190 valence electrons. The zero-order valence-corrected chi connectivity index (χ0v) is 20.9. The number of hydrogen-bond acceptors (Lipinski definition) is 6. The molecule has 0 saturated carbocycles. The van der Waals surface area contributed by atoms with Crippen LogP contribution in [0.2, 0.25) is 0 Å². The minimum atomic E-state index is -0.789. The van der Waals surface area contributed by atoms with E-state index in [4.69, 9.17) is 14.2 Å². The van der Waals surface area contributed by atoms with Crippen molar-refractivity contribution >= 4 is 29.6 Å². The molecule has 0 bridgehead atoms. The predicted octanol–water partition coefficient (Wildman–Crippen LogP) is 4.83. The number of nitrogens with one attached hydrogen (secondary N) is 1. The number of rotatable bonds is 9. The second-order valence-electron chi connectivity index (χ2n) is 8.45. The molecule has 0 aromatic heterocycles. The summed E-state index contributed by atoms with van der Waals surface area (Å²) in [6, 6.07) is 19.0. The Labute approximate surface area is 215 Å². The van der Waals surface area contributed by atoms with E-state index in [0.29, 0.717) is 42.6 Å². The van der Waals surface area contributed by atoms with Crippen LogP contribution in [0.1, 0.15) is 23.6 Å². The first-order valence-electron chi connectivity index (χ1n) is 11.9. The van der Waals surface area contributed by atoms with Gasteiger partial charge >= 0.3 is 6.03 Å². The van der Waals surface area contributed by atoms with Crippen LogP contribution >= 0.6 is 0 Å². The van der Waals surface area contributed by atoms with Crippen LogP contribution in [0.15, 0.2) is 72.3 Å². The van der Waals surface area contributed by atoms with Crippen molar-refractivity contribution in [1.82, 2.24) is 5.32 Å². The van der Waals surface area contributed by atoms with Crippen molar-refractivity contribution in [3.8, 4) is 17.2 Å². The molecule has 0 aliphatic carbocycles. The third kappa shape index (κ3) is 6.16. The number of amides is 4. The van der Waals surface area contributed by atoms with Crippen LogP contribution in [-0.4, -0.2) is 37.7 Å². The lowest BCUT2D eigenvalue weighted by atomic mass is 10.1. The fourth-order valence-corrected chi connectivity index (χ4v) is 3.77. The lowest BCUT2D eigenvalue weighted by molar-refractivity contribution is -0.122. The average molecular weight is 501 g/mol. The summed E-state index contributed by atoms with van der Waals surface area (Å²) in [6.45, 7) is 6.78. The van der Waals surface area contributed by atoms with Gasteiger partial charge in [-0.15, -0.1) is 0 Å². The first-order chi connectivity index (χ1) is 17.9. The molecule has 8 nitrogen and oxygen atoms in total. The van der Waals surface area contributed by atoms with Crippen LogP contribution in [0.4, 0.5) is 10.5 Å². The normalized spacial score (nSPS) is 14.5. The van der Waals surface area contributed by atoms with Crippen LogP contribution < -0.4 is 24.4 Å². The number of imide groups is 2. The highest BCUT2D eigenvalue weighted by Crippen LogP contribution is 2.30. The molecular weight excluding hydrogens is 472 g/mol. The highest BCUT2D eigenvalue weighted by Gasteiger charge is 2.36. The van der Waals surface area contributed by atoms with E-state index in [1.807, 2.05) is 45.0 Å². The molecule has 4 amide bonds. The van der Waals surface area contributed by atoms with Gasteiger partial charge in [-0.2, -0.15) is 0 Å².